The first-order valence-electron chi connectivity index (χ1n) is 11.2. The van der Waals surface area contributed by atoms with Gasteiger partial charge in [-0.15, -0.1) is 0 Å². The van der Waals surface area contributed by atoms with Crippen LogP contribution >= 0.6 is 0 Å². The molecule has 0 aliphatic carbocycles. The second kappa shape index (κ2) is 11.0. The van der Waals surface area contributed by atoms with Gasteiger partial charge in [-0.25, -0.2) is 0 Å². The average molecular weight is 406 g/mol. The lowest BCUT2D eigenvalue weighted by atomic mass is 9.88. The Hall–Kier alpha value is -2.59. The number of nitrogens with zero attached hydrogens (tertiary/aromatic N) is 1. The number of fused-ring (bicyclic) bond motifs is 1. The van der Waals surface area contributed by atoms with E-state index in [2.05, 4.69) is 72.5 Å². The van der Waals surface area contributed by atoms with Gasteiger partial charge in [-0.3, -0.25) is 4.79 Å². The Bertz CT molecular complexity index is 914. The lowest BCUT2D eigenvalue weighted by Gasteiger charge is -2.21. The molecule has 1 amide bonds. The molecule has 0 saturated carbocycles. The van der Waals surface area contributed by atoms with Crippen molar-refractivity contribution in [3.05, 3.63) is 71.9 Å². The highest BCUT2D eigenvalue weighted by Crippen LogP contribution is 2.33. The van der Waals surface area contributed by atoms with E-state index in [1.54, 1.807) is 0 Å². The Labute approximate surface area is 180 Å². The lowest BCUT2D eigenvalue weighted by molar-refractivity contribution is -0.121. The third kappa shape index (κ3) is 5.73. The largest absolute Gasteiger partial charge is 0.361 e. The second-order valence-corrected chi connectivity index (χ2v) is 8.09. The maximum absolute atomic E-state index is 12.9. The summed E-state index contributed by atoms with van der Waals surface area (Å²) >= 11 is 0. The number of carbonyl (C=O) groups excluding carboxylic acids is 1. The summed E-state index contributed by atoms with van der Waals surface area (Å²) < 4.78 is 0. The van der Waals surface area contributed by atoms with Gasteiger partial charge in [0.15, 0.2) is 0 Å². The van der Waals surface area contributed by atoms with Crippen LogP contribution in [0.25, 0.3) is 10.9 Å². The smallest absolute Gasteiger partial charge is 0.221 e. The van der Waals surface area contributed by atoms with Crippen molar-refractivity contribution in [2.75, 3.05) is 19.6 Å². The lowest BCUT2D eigenvalue weighted by Crippen LogP contribution is -2.34. The number of rotatable bonds is 11. The van der Waals surface area contributed by atoms with Gasteiger partial charge in [0.25, 0.3) is 0 Å². The van der Waals surface area contributed by atoms with Crippen LogP contribution in [0.15, 0.2) is 60.8 Å². The van der Waals surface area contributed by atoms with E-state index in [0.717, 1.165) is 38.0 Å². The van der Waals surface area contributed by atoms with Crippen LogP contribution < -0.4 is 5.32 Å². The molecule has 1 aromatic heterocycles. The number of nitrogens with one attached hydrogen (secondary N) is 2. The van der Waals surface area contributed by atoms with Crippen LogP contribution in [0.2, 0.25) is 0 Å². The average Bonchev–Trinajstić information content (AvgIpc) is 3.19. The molecule has 2 atom stereocenters. The first-order chi connectivity index (χ1) is 14.6. The van der Waals surface area contributed by atoms with E-state index >= 15 is 0 Å². The van der Waals surface area contributed by atoms with Gasteiger partial charge in [0.2, 0.25) is 5.91 Å². The number of hydrogen-bond acceptors (Lipinski definition) is 2. The molecule has 0 fully saturated rings. The molecule has 4 heteroatoms. The SMILES string of the molecule is CCN(CC)CCCC(C)NC(=O)CC(c1ccccc1)c1c[nH]c2ccccc12. The molecule has 4 nitrogen and oxygen atoms in total. The van der Waals surface area contributed by atoms with E-state index in [-0.39, 0.29) is 17.9 Å². The van der Waals surface area contributed by atoms with Crippen molar-refractivity contribution in [1.29, 1.82) is 0 Å². The summed E-state index contributed by atoms with van der Waals surface area (Å²) in [5.41, 5.74) is 3.46. The van der Waals surface area contributed by atoms with Crippen LogP contribution in [-0.4, -0.2) is 41.5 Å². The minimum absolute atomic E-state index is 0.0326. The van der Waals surface area contributed by atoms with E-state index in [4.69, 9.17) is 0 Å². The Balaban J connectivity index is 1.67. The summed E-state index contributed by atoms with van der Waals surface area (Å²) in [5, 5.41) is 4.42. The Morgan fingerprint density at radius 2 is 1.73 bits per heavy atom. The summed E-state index contributed by atoms with van der Waals surface area (Å²) in [4.78, 5) is 18.7. The summed E-state index contributed by atoms with van der Waals surface area (Å²) in [7, 11) is 0. The van der Waals surface area contributed by atoms with Crippen LogP contribution in [0, 0.1) is 0 Å². The van der Waals surface area contributed by atoms with Crippen LogP contribution in [0.4, 0.5) is 0 Å². The maximum Gasteiger partial charge on any atom is 0.221 e. The van der Waals surface area contributed by atoms with Crippen LogP contribution in [-0.2, 0) is 4.79 Å². The zero-order chi connectivity index (χ0) is 21.3. The maximum atomic E-state index is 12.9. The van der Waals surface area contributed by atoms with Crippen LogP contribution in [0.3, 0.4) is 0 Å². The van der Waals surface area contributed by atoms with Gasteiger partial charge >= 0.3 is 0 Å². The molecule has 2 unspecified atom stereocenters. The number of carbonyl (C=O) groups is 1. The Kier molecular flexibility index (Phi) is 8.09. The van der Waals surface area contributed by atoms with Crippen molar-refractivity contribution in [2.24, 2.45) is 0 Å². The fourth-order valence-electron chi connectivity index (χ4n) is 4.23. The molecule has 3 aromatic rings. The van der Waals surface area contributed by atoms with Crippen molar-refractivity contribution < 1.29 is 4.79 Å². The topological polar surface area (TPSA) is 48.1 Å². The van der Waals surface area contributed by atoms with Gasteiger partial charge < -0.3 is 15.2 Å². The number of benzene rings is 2. The van der Waals surface area contributed by atoms with E-state index < -0.39 is 0 Å². The van der Waals surface area contributed by atoms with E-state index in [0.29, 0.717) is 6.42 Å². The summed E-state index contributed by atoms with van der Waals surface area (Å²) in [5.74, 6) is 0.148. The highest BCUT2D eigenvalue weighted by molar-refractivity contribution is 5.86. The molecule has 0 radical (unpaired) electrons. The predicted molar refractivity (Wildman–Crippen MR) is 126 cm³/mol. The minimum Gasteiger partial charge on any atom is -0.361 e. The zero-order valence-electron chi connectivity index (χ0n) is 18.5. The minimum atomic E-state index is 0.0326. The first kappa shape index (κ1) is 22.1. The van der Waals surface area contributed by atoms with Gasteiger partial charge in [0, 0.05) is 35.5 Å². The van der Waals surface area contributed by atoms with Crippen molar-refractivity contribution in [3.8, 4) is 0 Å². The molecule has 0 saturated heterocycles. The van der Waals surface area contributed by atoms with Gasteiger partial charge in [-0.2, -0.15) is 0 Å². The third-order valence-corrected chi connectivity index (χ3v) is 6.00. The number of H-pyrrole nitrogens is 1. The molecule has 30 heavy (non-hydrogen) atoms. The molecule has 1 heterocycles. The van der Waals surface area contributed by atoms with E-state index in [1.807, 2.05) is 24.3 Å². The third-order valence-electron chi connectivity index (χ3n) is 6.00. The monoisotopic (exact) mass is 405 g/mol. The highest BCUT2D eigenvalue weighted by atomic mass is 16.1. The van der Waals surface area contributed by atoms with E-state index in [9.17, 15) is 4.79 Å². The van der Waals surface area contributed by atoms with Crippen molar-refractivity contribution >= 4 is 16.8 Å². The standard InChI is InChI=1S/C26H35N3O/c1-4-29(5-2)17-11-12-20(3)28-26(30)18-23(21-13-7-6-8-14-21)24-19-27-25-16-10-9-15-22(24)25/h6-10,13-16,19-20,23,27H,4-5,11-12,17-18H2,1-3H3,(H,28,30). The molecular formula is C26H35N3O. The molecule has 160 valence electrons. The number of amides is 1. The summed E-state index contributed by atoms with van der Waals surface area (Å²) in [6, 6.07) is 18.8. The molecular weight excluding hydrogens is 370 g/mol. The fraction of sp³-hybridized carbons (Fsp3) is 0.423. The highest BCUT2D eigenvalue weighted by Gasteiger charge is 2.22. The van der Waals surface area contributed by atoms with Crippen molar-refractivity contribution in [2.45, 2.75) is 52.0 Å². The quantitative estimate of drug-likeness (QED) is 0.454. The van der Waals surface area contributed by atoms with E-state index in [1.165, 1.54) is 16.5 Å². The molecule has 0 aliphatic rings. The normalized spacial score (nSPS) is 13.5. The molecule has 3 rings (SSSR count). The van der Waals surface area contributed by atoms with Crippen LogP contribution in [0.5, 0.6) is 0 Å². The predicted octanol–water partition coefficient (Wildman–Crippen LogP) is 5.32. The van der Waals surface area contributed by atoms with Crippen molar-refractivity contribution in [3.63, 3.8) is 0 Å². The fourth-order valence-corrected chi connectivity index (χ4v) is 4.23. The first-order valence-corrected chi connectivity index (χ1v) is 11.2. The Morgan fingerprint density at radius 3 is 2.47 bits per heavy atom. The van der Waals surface area contributed by atoms with Crippen molar-refractivity contribution in [1.82, 2.24) is 15.2 Å². The summed E-state index contributed by atoms with van der Waals surface area (Å²) in [6.07, 6.45) is 4.62. The Morgan fingerprint density at radius 1 is 1.03 bits per heavy atom. The molecule has 0 bridgehead atoms. The second-order valence-electron chi connectivity index (χ2n) is 8.09. The molecule has 2 aromatic carbocycles. The molecule has 0 spiro atoms. The van der Waals surface area contributed by atoms with Gasteiger partial charge in [0.05, 0.1) is 0 Å². The number of aromatic amines is 1. The zero-order valence-corrected chi connectivity index (χ0v) is 18.5. The summed E-state index contributed by atoms with van der Waals surface area (Å²) in [6.45, 7) is 9.77. The number of hydrogen-bond donors (Lipinski definition) is 2. The van der Waals surface area contributed by atoms with Gasteiger partial charge in [-0.1, -0.05) is 62.4 Å². The number of aromatic nitrogens is 1. The van der Waals surface area contributed by atoms with Gasteiger partial charge in [0.1, 0.15) is 0 Å². The molecule has 2 N–H and O–H groups in total. The van der Waals surface area contributed by atoms with Gasteiger partial charge in [-0.05, 0) is 56.6 Å². The molecule has 0 aliphatic heterocycles. The van der Waals surface area contributed by atoms with Crippen LogP contribution in [0.1, 0.15) is 57.1 Å². The number of para-hydroxylation sites is 1.